The molecule has 0 aromatic heterocycles. The van der Waals surface area contributed by atoms with Gasteiger partial charge in [0.05, 0.1) is 13.2 Å². The maximum atomic E-state index is 13.1. The Morgan fingerprint density at radius 1 is 1.87 bits per heavy atom. The van der Waals surface area contributed by atoms with E-state index >= 15 is 0 Å². The molecule has 1 heterocycles. The van der Waals surface area contributed by atoms with Crippen molar-refractivity contribution in [3.05, 3.63) is 0 Å². The summed E-state index contributed by atoms with van der Waals surface area (Å²) in [5.41, 5.74) is -1.07. The van der Waals surface area contributed by atoms with Crippen LogP contribution in [0.5, 0.6) is 0 Å². The topological polar surface area (TPSA) is 58.6 Å². The zero-order valence-electron chi connectivity index (χ0n) is 8.50. The van der Waals surface area contributed by atoms with Crippen LogP contribution in [0.3, 0.4) is 0 Å². The Morgan fingerprint density at radius 2 is 2.53 bits per heavy atom. The normalized spacial score (nSPS) is 32.7. The molecule has 0 spiro atoms. The van der Waals surface area contributed by atoms with E-state index in [9.17, 15) is 14.3 Å². The molecule has 15 heavy (non-hydrogen) atoms. The number of nitrogens with one attached hydrogen (secondary N) is 1. The van der Waals surface area contributed by atoms with E-state index in [-0.39, 0.29) is 19.4 Å². The summed E-state index contributed by atoms with van der Waals surface area (Å²) in [4.78, 5) is 11.6. The van der Waals surface area contributed by atoms with Crippen LogP contribution < -0.4 is 5.32 Å². The molecule has 1 aliphatic rings. The number of hydrogen-bond acceptors (Lipinski definition) is 4. The van der Waals surface area contributed by atoms with Crippen molar-refractivity contribution in [1.29, 1.82) is 0 Å². The Balaban J connectivity index is 2.73. The molecule has 1 saturated heterocycles. The number of aliphatic hydroxyl groups excluding tert-OH is 1. The van der Waals surface area contributed by atoms with Crippen molar-refractivity contribution in [1.82, 2.24) is 5.32 Å². The van der Waals surface area contributed by atoms with Crippen LogP contribution in [-0.2, 0) is 9.53 Å². The Labute approximate surface area is 96.3 Å². The summed E-state index contributed by atoms with van der Waals surface area (Å²) in [6, 6.07) is 0. The van der Waals surface area contributed by atoms with Crippen LogP contribution in [0.2, 0.25) is 0 Å². The minimum Gasteiger partial charge on any atom is -0.468 e. The summed E-state index contributed by atoms with van der Waals surface area (Å²) in [5, 5.41) is 12.7. The highest BCUT2D eigenvalue weighted by molar-refractivity contribution is 9.09. The maximum Gasteiger partial charge on any atom is 0.326 e. The van der Waals surface area contributed by atoms with Crippen LogP contribution in [0.15, 0.2) is 0 Å². The van der Waals surface area contributed by atoms with E-state index in [0.29, 0.717) is 5.33 Å². The van der Waals surface area contributed by atoms with Gasteiger partial charge in [0.25, 0.3) is 0 Å². The molecule has 88 valence electrons. The lowest BCUT2D eigenvalue weighted by atomic mass is 9.90. The van der Waals surface area contributed by atoms with Crippen LogP contribution >= 0.6 is 15.9 Å². The second-order valence-corrected chi connectivity index (χ2v) is 4.42. The molecular weight excluding hydrogens is 269 g/mol. The molecule has 0 aromatic rings. The number of carbonyl (C=O) groups is 1. The number of ether oxygens (including phenoxy) is 1. The number of carbonyl (C=O) groups excluding carboxylic acids is 1. The number of rotatable bonds is 4. The SMILES string of the molecule is COC(=O)[C@]1(CC(O)CBr)C[C@H](F)CN1. The summed E-state index contributed by atoms with van der Waals surface area (Å²) in [6.45, 7) is 0.129. The first-order chi connectivity index (χ1) is 7.04. The second-order valence-electron chi connectivity index (χ2n) is 3.77. The van der Waals surface area contributed by atoms with E-state index < -0.39 is 23.8 Å². The van der Waals surface area contributed by atoms with Crippen molar-refractivity contribution in [3.63, 3.8) is 0 Å². The van der Waals surface area contributed by atoms with Gasteiger partial charge in [0.1, 0.15) is 11.7 Å². The zero-order valence-corrected chi connectivity index (χ0v) is 10.1. The standard InChI is InChI=1S/C9H15BrFNO3/c1-15-8(14)9(3-7(13)4-10)2-6(11)5-12-9/h6-7,12-13H,2-5H2,1H3/t6-,7?,9+/m0/s1. The van der Waals surface area contributed by atoms with Crippen LogP contribution in [0.1, 0.15) is 12.8 Å². The van der Waals surface area contributed by atoms with Gasteiger partial charge < -0.3 is 9.84 Å². The Morgan fingerprint density at radius 3 is 2.93 bits per heavy atom. The molecule has 1 unspecified atom stereocenters. The third-order valence-electron chi connectivity index (χ3n) is 2.57. The fraction of sp³-hybridized carbons (Fsp3) is 0.889. The van der Waals surface area contributed by atoms with Crippen LogP contribution in [0, 0.1) is 0 Å². The average molecular weight is 284 g/mol. The molecule has 1 fully saturated rings. The predicted octanol–water partition coefficient (Wildman–Crippen LogP) is 0.376. The van der Waals surface area contributed by atoms with E-state index in [1.165, 1.54) is 7.11 Å². The molecule has 0 saturated carbocycles. The molecular formula is C9H15BrFNO3. The summed E-state index contributed by atoms with van der Waals surface area (Å²) < 4.78 is 17.7. The van der Waals surface area contributed by atoms with Gasteiger partial charge in [0.15, 0.2) is 0 Å². The number of esters is 1. The van der Waals surface area contributed by atoms with Gasteiger partial charge in [-0.25, -0.2) is 4.39 Å². The van der Waals surface area contributed by atoms with Gasteiger partial charge in [-0.1, -0.05) is 15.9 Å². The van der Waals surface area contributed by atoms with Crippen molar-refractivity contribution >= 4 is 21.9 Å². The molecule has 0 radical (unpaired) electrons. The lowest BCUT2D eigenvalue weighted by Crippen LogP contribution is -2.50. The number of hydrogen-bond donors (Lipinski definition) is 2. The Hall–Kier alpha value is -0.200. The first-order valence-corrected chi connectivity index (χ1v) is 5.88. The molecule has 6 heteroatoms. The van der Waals surface area contributed by atoms with Crippen LogP contribution in [0.4, 0.5) is 4.39 Å². The number of halogens is 2. The van der Waals surface area contributed by atoms with E-state index in [4.69, 9.17) is 0 Å². The summed E-state index contributed by atoms with van der Waals surface area (Å²) >= 11 is 3.11. The molecule has 1 rings (SSSR count). The lowest BCUT2D eigenvalue weighted by molar-refractivity contribution is -0.149. The first-order valence-electron chi connectivity index (χ1n) is 4.75. The fourth-order valence-electron chi connectivity index (χ4n) is 1.88. The van der Waals surface area contributed by atoms with Gasteiger partial charge in [0.2, 0.25) is 0 Å². The van der Waals surface area contributed by atoms with Gasteiger partial charge in [-0.2, -0.15) is 0 Å². The Kier molecular flexibility index (Phi) is 4.48. The number of alkyl halides is 2. The second kappa shape index (κ2) is 5.23. The summed E-state index contributed by atoms with van der Waals surface area (Å²) in [6.07, 6.45) is -1.54. The third kappa shape index (κ3) is 2.89. The van der Waals surface area contributed by atoms with Gasteiger partial charge in [-0.3, -0.25) is 10.1 Å². The van der Waals surface area contributed by atoms with Crippen molar-refractivity contribution in [2.45, 2.75) is 30.7 Å². The van der Waals surface area contributed by atoms with Crippen LogP contribution in [0.25, 0.3) is 0 Å². The quantitative estimate of drug-likeness (QED) is 0.578. The zero-order chi connectivity index (χ0) is 11.5. The van der Waals surface area contributed by atoms with Crippen molar-refractivity contribution < 1.29 is 19.0 Å². The van der Waals surface area contributed by atoms with Crippen molar-refractivity contribution in [2.75, 3.05) is 19.0 Å². The van der Waals surface area contributed by atoms with Crippen molar-refractivity contribution in [3.8, 4) is 0 Å². The van der Waals surface area contributed by atoms with Gasteiger partial charge in [0, 0.05) is 24.7 Å². The fourth-order valence-corrected chi connectivity index (χ4v) is 2.10. The molecule has 4 nitrogen and oxygen atoms in total. The minimum absolute atomic E-state index is 0.0593. The minimum atomic E-state index is -1.07. The molecule has 0 aromatic carbocycles. The molecule has 0 aliphatic carbocycles. The van der Waals surface area contributed by atoms with Crippen molar-refractivity contribution in [2.24, 2.45) is 0 Å². The highest BCUT2D eigenvalue weighted by Gasteiger charge is 2.47. The van der Waals surface area contributed by atoms with E-state index in [1.54, 1.807) is 0 Å². The van der Waals surface area contributed by atoms with Crippen LogP contribution in [-0.4, -0.2) is 47.9 Å². The molecule has 0 amide bonds. The highest BCUT2D eigenvalue weighted by atomic mass is 79.9. The lowest BCUT2D eigenvalue weighted by Gasteiger charge is -2.27. The third-order valence-corrected chi connectivity index (χ3v) is 3.32. The largest absolute Gasteiger partial charge is 0.468 e. The smallest absolute Gasteiger partial charge is 0.326 e. The number of methoxy groups -OCH3 is 1. The van der Waals surface area contributed by atoms with Gasteiger partial charge in [-0.15, -0.1) is 0 Å². The number of aliphatic hydroxyl groups is 1. The predicted molar refractivity (Wildman–Crippen MR) is 56.7 cm³/mol. The monoisotopic (exact) mass is 283 g/mol. The van der Waals surface area contributed by atoms with Gasteiger partial charge in [-0.05, 0) is 0 Å². The van der Waals surface area contributed by atoms with E-state index in [0.717, 1.165) is 0 Å². The molecule has 3 atom stereocenters. The van der Waals surface area contributed by atoms with E-state index in [2.05, 4.69) is 26.0 Å². The highest BCUT2D eigenvalue weighted by Crippen LogP contribution is 2.28. The maximum absolute atomic E-state index is 13.1. The average Bonchev–Trinajstić information content (AvgIpc) is 2.59. The first kappa shape index (κ1) is 12.9. The summed E-state index contributed by atoms with van der Waals surface area (Å²) in [7, 11) is 1.26. The summed E-state index contributed by atoms with van der Waals surface area (Å²) in [5.74, 6) is -0.511. The van der Waals surface area contributed by atoms with E-state index in [1.807, 2.05) is 0 Å². The molecule has 1 aliphatic heterocycles. The van der Waals surface area contributed by atoms with Gasteiger partial charge >= 0.3 is 5.97 Å². The Bertz CT molecular complexity index is 241. The molecule has 2 N–H and O–H groups in total. The molecule has 0 bridgehead atoms.